The molecule has 0 radical (unpaired) electrons. The Morgan fingerprint density at radius 1 is 0.923 bits per heavy atom. The Morgan fingerprint density at radius 3 is 2.08 bits per heavy atom. The highest BCUT2D eigenvalue weighted by Gasteiger charge is 2.22. The van der Waals surface area contributed by atoms with Crippen LogP contribution in [0, 0.1) is 5.92 Å². The first-order chi connectivity index (χ1) is 12.4. The molecule has 138 valence electrons. The maximum absolute atomic E-state index is 12.7. The van der Waals surface area contributed by atoms with E-state index in [9.17, 15) is 9.59 Å². The second-order valence-electron chi connectivity index (χ2n) is 6.71. The van der Waals surface area contributed by atoms with Crippen LogP contribution in [0.3, 0.4) is 0 Å². The highest BCUT2D eigenvalue weighted by Crippen LogP contribution is 2.23. The molecule has 0 bridgehead atoms. The van der Waals surface area contributed by atoms with E-state index in [1.807, 2.05) is 42.5 Å². The number of benzene rings is 2. The van der Waals surface area contributed by atoms with Gasteiger partial charge in [0.15, 0.2) is 0 Å². The first-order valence-corrected chi connectivity index (χ1v) is 9.11. The van der Waals surface area contributed by atoms with Crippen molar-refractivity contribution in [1.82, 2.24) is 10.6 Å². The minimum Gasteiger partial charge on any atom is -0.349 e. The van der Waals surface area contributed by atoms with E-state index in [-0.39, 0.29) is 30.2 Å². The molecule has 2 unspecified atom stereocenters. The summed E-state index contributed by atoms with van der Waals surface area (Å²) in [6, 6.07) is 16.6. The second-order valence-corrected chi connectivity index (χ2v) is 7.15. The molecule has 2 aromatic rings. The van der Waals surface area contributed by atoms with E-state index in [1.165, 1.54) is 6.92 Å². The van der Waals surface area contributed by atoms with Crippen molar-refractivity contribution < 1.29 is 9.59 Å². The van der Waals surface area contributed by atoms with Gasteiger partial charge in [-0.3, -0.25) is 9.59 Å². The third-order valence-electron chi connectivity index (χ3n) is 4.18. The van der Waals surface area contributed by atoms with Gasteiger partial charge >= 0.3 is 0 Å². The molecule has 0 heterocycles. The molecule has 2 aromatic carbocycles. The van der Waals surface area contributed by atoms with E-state index in [0.717, 1.165) is 11.1 Å². The smallest absolute Gasteiger partial charge is 0.222 e. The zero-order chi connectivity index (χ0) is 19.1. The summed E-state index contributed by atoms with van der Waals surface area (Å²) in [4.78, 5) is 24.2. The minimum absolute atomic E-state index is 0.0769. The van der Waals surface area contributed by atoms with Crippen LogP contribution in [0.25, 0.3) is 0 Å². The minimum atomic E-state index is -0.395. The quantitative estimate of drug-likeness (QED) is 0.755. The van der Waals surface area contributed by atoms with Crippen molar-refractivity contribution in [3.05, 3.63) is 70.7 Å². The van der Waals surface area contributed by atoms with E-state index < -0.39 is 6.04 Å². The topological polar surface area (TPSA) is 58.2 Å². The third-order valence-corrected chi connectivity index (χ3v) is 4.43. The van der Waals surface area contributed by atoms with Gasteiger partial charge in [0.05, 0.1) is 18.5 Å². The Labute approximate surface area is 159 Å². The average Bonchev–Trinajstić information content (AvgIpc) is 2.60. The Bertz CT molecular complexity index is 729. The maximum atomic E-state index is 12.7. The number of amides is 2. The van der Waals surface area contributed by atoms with E-state index in [4.69, 9.17) is 11.6 Å². The fraction of sp³-hybridized carbons (Fsp3) is 0.333. The van der Waals surface area contributed by atoms with Crippen LogP contribution in [0.1, 0.15) is 50.4 Å². The average molecular weight is 373 g/mol. The Hall–Kier alpha value is -2.33. The molecule has 5 heteroatoms. The summed E-state index contributed by atoms with van der Waals surface area (Å²) in [6.45, 7) is 5.59. The predicted molar refractivity (Wildman–Crippen MR) is 105 cm³/mol. The fourth-order valence-corrected chi connectivity index (χ4v) is 3.03. The van der Waals surface area contributed by atoms with Crippen LogP contribution in [-0.2, 0) is 9.59 Å². The SMILES string of the molecule is CC(=O)NC(CC(=O)NC(c1ccccc1)C(C)C)c1ccc(Cl)cc1. The maximum Gasteiger partial charge on any atom is 0.222 e. The van der Waals surface area contributed by atoms with E-state index in [1.54, 1.807) is 12.1 Å². The molecule has 0 aliphatic carbocycles. The lowest BCUT2D eigenvalue weighted by Gasteiger charge is -2.25. The van der Waals surface area contributed by atoms with Gasteiger partial charge in [-0.15, -0.1) is 0 Å². The number of rotatable bonds is 7. The van der Waals surface area contributed by atoms with Crippen molar-refractivity contribution >= 4 is 23.4 Å². The molecule has 2 amide bonds. The number of hydrogen-bond donors (Lipinski definition) is 2. The molecule has 2 atom stereocenters. The van der Waals surface area contributed by atoms with Gasteiger partial charge in [0.1, 0.15) is 0 Å². The van der Waals surface area contributed by atoms with Gasteiger partial charge in [0, 0.05) is 11.9 Å². The summed E-state index contributed by atoms with van der Waals surface area (Å²) in [5.74, 6) is -0.0430. The summed E-state index contributed by atoms with van der Waals surface area (Å²) in [6.07, 6.45) is 0.164. The molecule has 0 aromatic heterocycles. The molecule has 0 spiro atoms. The molecule has 4 nitrogen and oxygen atoms in total. The van der Waals surface area contributed by atoms with Crippen molar-refractivity contribution in [2.24, 2.45) is 5.92 Å². The molecule has 2 rings (SSSR count). The molecule has 0 saturated heterocycles. The molecule has 0 aliphatic rings. The Morgan fingerprint density at radius 2 is 1.54 bits per heavy atom. The van der Waals surface area contributed by atoms with Gasteiger partial charge < -0.3 is 10.6 Å². The van der Waals surface area contributed by atoms with Crippen LogP contribution in [0.5, 0.6) is 0 Å². The highest BCUT2D eigenvalue weighted by atomic mass is 35.5. The predicted octanol–water partition coefficient (Wildman–Crippen LogP) is 4.42. The lowest BCUT2D eigenvalue weighted by atomic mass is 9.95. The Balaban J connectivity index is 2.12. The van der Waals surface area contributed by atoms with Crippen LogP contribution in [0.4, 0.5) is 0 Å². The molecule has 0 fully saturated rings. The van der Waals surface area contributed by atoms with Crippen molar-refractivity contribution in [2.75, 3.05) is 0 Å². The van der Waals surface area contributed by atoms with Crippen LogP contribution in [-0.4, -0.2) is 11.8 Å². The lowest BCUT2D eigenvalue weighted by molar-refractivity contribution is -0.123. The standard InChI is InChI=1S/C21H25ClN2O2/c1-14(2)21(17-7-5-4-6-8-17)24-20(26)13-19(23-15(3)25)16-9-11-18(22)12-10-16/h4-12,14,19,21H,13H2,1-3H3,(H,23,25)(H,24,26). The van der Waals surface area contributed by atoms with E-state index in [2.05, 4.69) is 24.5 Å². The van der Waals surface area contributed by atoms with Gasteiger partial charge in [-0.25, -0.2) is 0 Å². The van der Waals surface area contributed by atoms with Crippen molar-refractivity contribution in [2.45, 2.75) is 39.3 Å². The summed E-state index contributed by atoms with van der Waals surface area (Å²) < 4.78 is 0. The van der Waals surface area contributed by atoms with Gasteiger partial charge in [0.25, 0.3) is 0 Å². The summed E-state index contributed by atoms with van der Waals surface area (Å²) in [5.41, 5.74) is 1.92. The number of carbonyl (C=O) groups excluding carboxylic acids is 2. The summed E-state index contributed by atoms with van der Waals surface area (Å²) in [7, 11) is 0. The first-order valence-electron chi connectivity index (χ1n) is 8.73. The highest BCUT2D eigenvalue weighted by molar-refractivity contribution is 6.30. The van der Waals surface area contributed by atoms with E-state index in [0.29, 0.717) is 5.02 Å². The zero-order valence-electron chi connectivity index (χ0n) is 15.3. The normalized spacial score (nSPS) is 13.1. The van der Waals surface area contributed by atoms with E-state index >= 15 is 0 Å². The first kappa shape index (κ1) is 20.0. The lowest BCUT2D eigenvalue weighted by Crippen LogP contribution is -2.36. The molecular weight excluding hydrogens is 348 g/mol. The third kappa shape index (κ3) is 5.88. The van der Waals surface area contributed by atoms with Crippen molar-refractivity contribution in [1.29, 1.82) is 0 Å². The summed E-state index contributed by atoms with van der Waals surface area (Å²) in [5, 5.41) is 6.56. The molecule has 0 aliphatic heterocycles. The van der Waals surface area contributed by atoms with Crippen LogP contribution < -0.4 is 10.6 Å². The van der Waals surface area contributed by atoms with Gasteiger partial charge in [0.2, 0.25) is 11.8 Å². The monoisotopic (exact) mass is 372 g/mol. The molecule has 2 N–H and O–H groups in total. The van der Waals surface area contributed by atoms with Crippen LogP contribution in [0.15, 0.2) is 54.6 Å². The number of halogens is 1. The second kappa shape index (κ2) is 9.39. The van der Waals surface area contributed by atoms with Crippen molar-refractivity contribution in [3.8, 4) is 0 Å². The van der Waals surface area contributed by atoms with Crippen molar-refractivity contribution in [3.63, 3.8) is 0 Å². The van der Waals surface area contributed by atoms with Crippen LogP contribution >= 0.6 is 11.6 Å². The molecule has 0 saturated carbocycles. The summed E-state index contributed by atoms with van der Waals surface area (Å²) >= 11 is 5.93. The number of carbonyl (C=O) groups is 2. The molecular formula is C21H25ClN2O2. The van der Waals surface area contributed by atoms with Gasteiger partial charge in [-0.2, -0.15) is 0 Å². The van der Waals surface area contributed by atoms with Gasteiger partial charge in [-0.05, 0) is 29.2 Å². The van der Waals surface area contributed by atoms with Crippen LogP contribution in [0.2, 0.25) is 5.02 Å². The fourth-order valence-electron chi connectivity index (χ4n) is 2.91. The number of nitrogens with one attached hydrogen (secondary N) is 2. The largest absolute Gasteiger partial charge is 0.349 e. The van der Waals surface area contributed by atoms with Gasteiger partial charge in [-0.1, -0.05) is 67.9 Å². The Kier molecular flexibility index (Phi) is 7.22. The molecule has 26 heavy (non-hydrogen) atoms. The number of hydrogen-bond acceptors (Lipinski definition) is 2. The zero-order valence-corrected chi connectivity index (χ0v) is 16.1.